The molecular weight excluding hydrogens is 212 g/mol. The molecule has 0 aliphatic heterocycles. The molecule has 0 fully saturated rings. The number of nitrogens with one attached hydrogen (secondary N) is 3. The summed E-state index contributed by atoms with van der Waals surface area (Å²) in [7, 11) is 0. The normalized spacial score (nSPS) is 9.81. The predicted molar refractivity (Wildman–Crippen MR) is 56.6 cm³/mol. The number of nitrogens with zero attached hydrogens (tertiary/aromatic N) is 1. The number of amidine groups is 2. The van der Waals surface area contributed by atoms with Crippen LogP contribution in [0.15, 0.2) is 0 Å². The van der Waals surface area contributed by atoms with Gasteiger partial charge in [-0.15, -0.1) is 0 Å². The lowest BCUT2D eigenvalue weighted by Crippen LogP contribution is -2.21. The molecule has 0 bridgehead atoms. The van der Waals surface area contributed by atoms with E-state index < -0.39 is 11.8 Å². The number of rotatable bonds is 4. The number of carbonyl (C=O) groups excluding carboxylic acids is 1. The van der Waals surface area contributed by atoms with E-state index in [-0.39, 0.29) is 29.4 Å². The minimum atomic E-state index is -0.716. The fourth-order valence-electron chi connectivity index (χ4n) is 1.13. The van der Waals surface area contributed by atoms with Crippen LogP contribution in [0.3, 0.4) is 0 Å². The zero-order valence-corrected chi connectivity index (χ0v) is 8.63. The Morgan fingerprint density at radius 3 is 2.50 bits per heavy atom. The Hall–Kier alpha value is -2.38. The number of H-pyrrole nitrogens is 1. The lowest BCUT2D eigenvalue weighted by atomic mass is 10.1. The van der Waals surface area contributed by atoms with E-state index in [1.54, 1.807) is 6.92 Å². The summed E-state index contributed by atoms with van der Waals surface area (Å²) in [6.07, 6.45) is 0. The topological polar surface area (TPSA) is 155 Å². The van der Waals surface area contributed by atoms with Crippen LogP contribution in [-0.4, -0.2) is 34.4 Å². The molecule has 1 heterocycles. The van der Waals surface area contributed by atoms with E-state index in [4.69, 9.17) is 27.0 Å². The van der Waals surface area contributed by atoms with Crippen LogP contribution >= 0.6 is 0 Å². The van der Waals surface area contributed by atoms with Crippen LogP contribution in [0.25, 0.3) is 0 Å². The average molecular weight is 224 g/mol. The third-order valence-electron chi connectivity index (χ3n) is 1.77. The lowest BCUT2D eigenvalue weighted by Gasteiger charge is -2.03. The van der Waals surface area contributed by atoms with Gasteiger partial charge in [-0.1, -0.05) is 0 Å². The number of esters is 1. The van der Waals surface area contributed by atoms with Crippen molar-refractivity contribution < 1.29 is 9.53 Å². The highest BCUT2D eigenvalue weighted by atomic mass is 16.5. The summed E-state index contributed by atoms with van der Waals surface area (Å²) in [5, 5.41) is 20.5. The summed E-state index contributed by atoms with van der Waals surface area (Å²) in [5.41, 5.74) is 10.4. The number of aromatic amines is 1. The number of hydrogen-bond acceptors (Lipinski definition) is 5. The van der Waals surface area contributed by atoms with Gasteiger partial charge in [-0.3, -0.25) is 15.9 Å². The van der Waals surface area contributed by atoms with E-state index in [1.807, 2.05) is 0 Å². The molecule has 16 heavy (non-hydrogen) atoms. The van der Waals surface area contributed by atoms with Crippen LogP contribution in [0.5, 0.6) is 0 Å². The van der Waals surface area contributed by atoms with Crippen molar-refractivity contribution in [2.45, 2.75) is 6.92 Å². The van der Waals surface area contributed by atoms with E-state index >= 15 is 0 Å². The molecule has 8 nitrogen and oxygen atoms in total. The summed E-state index contributed by atoms with van der Waals surface area (Å²) < 4.78 is 4.76. The van der Waals surface area contributed by atoms with Crippen molar-refractivity contribution in [3.05, 3.63) is 17.0 Å². The highest BCUT2D eigenvalue weighted by Gasteiger charge is 2.24. The molecule has 1 rings (SSSR count). The van der Waals surface area contributed by atoms with Crippen LogP contribution in [-0.2, 0) is 4.74 Å². The van der Waals surface area contributed by atoms with Gasteiger partial charge in [0.25, 0.3) is 0 Å². The number of nitrogens with two attached hydrogens (primary N) is 2. The molecule has 0 saturated heterocycles. The SMILES string of the molecule is CCOC(=O)c1c(C(=N)N)n[nH]c1C(=N)N. The predicted octanol–water partition coefficient (Wildman–Crippen LogP) is -0.845. The van der Waals surface area contributed by atoms with Crippen molar-refractivity contribution in [2.75, 3.05) is 6.61 Å². The molecule has 0 aliphatic rings. The summed E-state index contributed by atoms with van der Waals surface area (Å²) in [5.74, 6) is -1.48. The summed E-state index contributed by atoms with van der Waals surface area (Å²) >= 11 is 0. The molecule has 86 valence electrons. The van der Waals surface area contributed by atoms with Crippen molar-refractivity contribution in [1.82, 2.24) is 10.2 Å². The maximum Gasteiger partial charge on any atom is 0.342 e. The molecule has 1 aromatic heterocycles. The van der Waals surface area contributed by atoms with E-state index in [2.05, 4.69) is 10.2 Å². The van der Waals surface area contributed by atoms with Crippen molar-refractivity contribution in [3.8, 4) is 0 Å². The maximum atomic E-state index is 11.6. The van der Waals surface area contributed by atoms with Gasteiger partial charge in [-0.05, 0) is 6.92 Å². The number of nitrogen functional groups attached to an aromatic ring is 2. The molecule has 0 atom stereocenters. The Morgan fingerprint density at radius 1 is 1.44 bits per heavy atom. The summed E-state index contributed by atoms with van der Waals surface area (Å²) in [6.45, 7) is 1.80. The first kappa shape index (κ1) is 11.7. The first-order chi connectivity index (χ1) is 7.49. The molecule has 0 amide bonds. The minimum Gasteiger partial charge on any atom is -0.462 e. The zero-order valence-electron chi connectivity index (χ0n) is 8.63. The van der Waals surface area contributed by atoms with Crippen LogP contribution in [0.4, 0.5) is 0 Å². The fourth-order valence-corrected chi connectivity index (χ4v) is 1.13. The molecule has 0 aromatic carbocycles. The van der Waals surface area contributed by atoms with E-state index in [9.17, 15) is 4.79 Å². The second-order valence-corrected chi connectivity index (χ2v) is 2.87. The minimum absolute atomic E-state index is 0.00338. The van der Waals surface area contributed by atoms with E-state index in [0.717, 1.165) is 0 Å². The third kappa shape index (κ3) is 2.00. The highest BCUT2D eigenvalue weighted by Crippen LogP contribution is 2.12. The largest absolute Gasteiger partial charge is 0.462 e. The van der Waals surface area contributed by atoms with Gasteiger partial charge in [0.1, 0.15) is 28.6 Å². The molecule has 0 unspecified atom stereocenters. The van der Waals surface area contributed by atoms with Crippen LogP contribution in [0, 0.1) is 10.8 Å². The van der Waals surface area contributed by atoms with Gasteiger partial charge in [0.15, 0.2) is 0 Å². The number of ether oxygens (including phenoxy) is 1. The quantitative estimate of drug-likeness (QED) is 0.256. The Kier molecular flexibility index (Phi) is 3.24. The van der Waals surface area contributed by atoms with Crippen LogP contribution in [0.1, 0.15) is 28.7 Å². The van der Waals surface area contributed by atoms with E-state index in [1.165, 1.54) is 0 Å². The van der Waals surface area contributed by atoms with Crippen molar-refractivity contribution in [3.63, 3.8) is 0 Å². The molecule has 0 radical (unpaired) electrons. The highest BCUT2D eigenvalue weighted by molar-refractivity contribution is 6.11. The molecular formula is C8H12N6O2. The third-order valence-corrected chi connectivity index (χ3v) is 1.77. The summed E-state index contributed by atoms with van der Waals surface area (Å²) in [4.78, 5) is 11.6. The summed E-state index contributed by atoms with van der Waals surface area (Å²) in [6, 6.07) is 0. The second-order valence-electron chi connectivity index (χ2n) is 2.87. The van der Waals surface area contributed by atoms with Gasteiger partial charge < -0.3 is 16.2 Å². The van der Waals surface area contributed by atoms with Gasteiger partial charge >= 0.3 is 5.97 Å². The maximum absolute atomic E-state index is 11.6. The molecule has 0 aliphatic carbocycles. The van der Waals surface area contributed by atoms with Crippen LogP contribution in [0.2, 0.25) is 0 Å². The van der Waals surface area contributed by atoms with Crippen molar-refractivity contribution in [1.29, 1.82) is 10.8 Å². The Bertz CT molecular complexity index is 418. The lowest BCUT2D eigenvalue weighted by molar-refractivity contribution is 0.0526. The monoisotopic (exact) mass is 224 g/mol. The fraction of sp³-hybridized carbons (Fsp3) is 0.250. The Morgan fingerprint density at radius 2 is 2.06 bits per heavy atom. The van der Waals surface area contributed by atoms with Crippen molar-refractivity contribution >= 4 is 17.6 Å². The van der Waals surface area contributed by atoms with Gasteiger partial charge in [0, 0.05) is 0 Å². The first-order valence-electron chi connectivity index (χ1n) is 4.43. The number of hydrogen-bond donors (Lipinski definition) is 5. The molecule has 8 heteroatoms. The molecule has 0 spiro atoms. The standard InChI is InChI=1S/C8H12N6O2/c1-2-16-8(15)3-4(6(9)10)13-14-5(3)7(11)12/h2H2,1H3,(H3,9,10)(H3,11,12)(H,13,14). The van der Waals surface area contributed by atoms with Gasteiger partial charge in [0.05, 0.1) is 6.61 Å². The zero-order chi connectivity index (χ0) is 12.3. The van der Waals surface area contributed by atoms with Gasteiger partial charge in [-0.2, -0.15) is 5.10 Å². The first-order valence-corrected chi connectivity index (χ1v) is 4.43. The molecule has 0 saturated carbocycles. The van der Waals surface area contributed by atoms with Crippen LogP contribution < -0.4 is 11.5 Å². The number of carbonyl (C=O) groups is 1. The average Bonchev–Trinajstić information content (AvgIpc) is 2.61. The molecule has 7 N–H and O–H groups in total. The van der Waals surface area contributed by atoms with Crippen molar-refractivity contribution in [2.24, 2.45) is 11.5 Å². The van der Waals surface area contributed by atoms with Gasteiger partial charge in [0.2, 0.25) is 0 Å². The van der Waals surface area contributed by atoms with E-state index in [0.29, 0.717) is 0 Å². The number of aromatic nitrogens is 2. The smallest absolute Gasteiger partial charge is 0.342 e. The Labute approximate surface area is 91.0 Å². The Balaban J connectivity index is 3.29. The molecule has 1 aromatic rings. The second kappa shape index (κ2) is 4.43. The van der Waals surface area contributed by atoms with Gasteiger partial charge in [-0.25, -0.2) is 4.79 Å².